The van der Waals surface area contributed by atoms with E-state index in [0.717, 1.165) is 0 Å². The minimum absolute atomic E-state index is 0.0599. The summed E-state index contributed by atoms with van der Waals surface area (Å²) in [6, 6.07) is 5.70. The molecule has 1 heterocycles. The summed E-state index contributed by atoms with van der Waals surface area (Å²) in [4.78, 5) is 26.3. The van der Waals surface area contributed by atoms with Gasteiger partial charge < -0.3 is 19.7 Å². The van der Waals surface area contributed by atoms with E-state index in [1.165, 1.54) is 31.4 Å². The summed E-state index contributed by atoms with van der Waals surface area (Å²) in [5, 5.41) is 2.94. The lowest BCUT2D eigenvalue weighted by molar-refractivity contribution is 0.0199. The van der Waals surface area contributed by atoms with Crippen LogP contribution in [0.2, 0.25) is 0 Å². The molecule has 9 nitrogen and oxygen atoms in total. The van der Waals surface area contributed by atoms with Crippen LogP contribution in [0.4, 0.5) is 4.79 Å². The van der Waals surface area contributed by atoms with Gasteiger partial charge >= 0.3 is 6.09 Å². The Kier molecular flexibility index (Phi) is 8.22. The number of benzene rings is 1. The van der Waals surface area contributed by atoms with Crippen molar-refractivity contribution in [3.63, 3.8) is 0 Å². The minimum Gasteiger partial charge on any atom is -0.444 e. The first-order valence-electron chi connectivity index (χ1n) is 9.89. The van der Waals surface area contributed by atoms with Crippen LogP contribution in [0.1, 0.15) is 44.0 Å². The van der Waals surface area contributed by atoms with E-state index >= 15 is 0 Å². The molecule has 1 saturated heterocycles. The third kappa shape index (κ3) is 7.26. The maximum atomic E-state index is 12.5. The summed E-state index contributed by atoms with van der Waals surface area (Å²) in [7, 11) is -2.15. The Bertz CT molecular complexity index is 825. The SMILES string of the molecule is COCCNS(=O)(=O)c1ccc(C(=O)NC2CCN(C(=O)OC(C)(C)C)CC2)cc1. The molecule has 168 valence electrons. The quantitative estimate of drug-likeness (QED) is 0.623. The van der Waals surface area contributed by atoms with Crippen molar-refractivity contribution >= 4 is 22.0 Å². The first-order chi connectivity index (χ1) is 14.0. The van der Waals surface area contributed by atoms with Crippen LogP contribution in [-0.4, -0.2) is 70.3 Å². The van der Waals surface area contributed by atoms with Gasteiger partial charge in [-0.3, -0.25) is 4.79 Å². The van der Waals surface area contributed by atoms with E-state index in [0.29, 0.717) is 31.5 Å². The normalized spacial score (nSPS) is 15.7. The summed E-state index contributed by atoms with van der Waals surface area (Å²) >= 11 is 0. The number of carbonyl (C=O) groups is 2. The van der Waals surface area contributed by atoms with Gasteiger partial charge in [-0.05, 0) is 57.9 Å². The van der Waals surface area contributed by atoms with Crippen molar-refractivity contribution in [3.8, 4) is 0 Å². The molecule has 0 unspecified atom stereocenters. The maximum Gasteiger partial charge on any atom is 0.410 e. The third-order valence-electron chi connectivity index (χ3n) is 4.51. The van der Waals surface area contributed by atoms with Crippen molar-refractivity contribution in [1.82, 2.24) is 14.9 Å². The molecule has 1 aliphatic rings. The smallest absolute Gasteiger partial charge is 0.410 e. The molecule has 0 radical (unpaired) electrons. The summed E-state index contributed by atoms with van der Waals surface area (Å²) < 4.78 is 37.0. The number of likely N-dealkylation sites (tertiary alicyclic amines) is 1. The van der Waals surface area contributed by atoms with Gasteiger partial charge in [-0.1, -0.05) is 0 Å². The lowest BCUT2D eigenvalue weighted by atomic mass is 10.0. The standard InChI is InChI=1S/C20H31N3O6S/c1-20(2,3)29-19(25)23-12-9-16(10-13-23)22-18(24)15-5-7-17(8-6-15)30(26,27)21-11-14-28-4/h5-8,16,21H,9-14H2,1-4H3,(H,22,24). The summed E-state index contributed by atoms with van der Waals surface area (Å²) in [6.45, 7) is 6.92. The zero-order valence-corrected chi connectivity index (χ0v) is 18.8. The fourth-order valence-electron chi connectivity index (χ4n) is 2.95. The Morgan fingerprint density at radius 1 is 1.13 bits per heavy atom. The van der Waals surface area contributed by atoms with Crippen molar-refractivity contribution in [2.75, 3.05) is 33.4 Å². The van der Waals surface area contributed by atoms with E-state index in [2.05, 4.69) is 10.0 Å². The Morgan fingerprint density at radius 3 is 2.27 bits per heavy atom. The molecule has 0 atom stereocenters. The number of nitrogens with zero attached hydrogens (tertiary/aromatic N) is 1. The molecule has 0 aromatic heterocycles. The molecule has 1 aromatic carbocycles. The molecule has 1 aromatic rings. The maximum absolute atomic E-state index is 12.5. The van der Waals surface area contributed by atoms with E-state index in [9.17, 15) is 18.0 Å². The zero-order valence-electron chi connectivity index (χ0n) is 17.9. The average molecular weight is 442 g/mol. The Labute approximate surface area is 178 Å². The fourth-order valence-corrected chi connectivity index (χ4v) is 3.96. The van der Waals surface area contributed by atoms with Crippen LogP contribution in [0.3, 0.4) is 0 Å². The number of methoxy groups -OCH3 is 1. The first-order valence-corrected chi connectivity index (χ1v) is 11.4. The largest absolute Gasteiger partial charge is 0.444 e. The van der Waals surface area contributed by atoms with Gasteiger partial charge in [0.15, 0.2) is 0 Å². The Morgan fingerprint density at radius 2 is 1.73 bits per heavy atom. The van der Waals surface area contributed by atoms with Gasteiger partial charge in [0.05, 0.1) is 11.5 Å². The van der Waals surface area contributed by atoms with Crippen LogP contribution in [0.15, 0.2) is 29.2 Å². The molecule has 1 aliphatic heterocycles. The predicted molar refractivity (Wildman–Crippen MR) is 112 cm³/mol. The molecule has 0 aliphatic carbocycles. The summed E-state index contributed by atoms with van der Waals surface area (Å²) in [5.74, 6) is -0.276. The first kappa shape index (κ1) is 24.1. The number of hydrogen-bond donors (Lipinski definition) is 2. The van der Waals surface area contributed by atoms with Crippen LogP contribution < -0.4 is 10.0 Å². The van der Waals surface area contributed by atoms with Crippen LogP contribution in [0.5, 0.6) is 0 Å². The molecular formula is C20H31N3O6S. The van der Waals surface area contributed by atoms with Gasteiger partial charge in [-0.25, -0.2) is 17.9 Å². The van der Waals surface area contributed by atoms with Gasteiger partial charge in [0.25, 0.3) is 5.91 Å². The van der Waals surface area contributed by atoms with E-state index in [4.69, 9.17) is 9.47 Å². The van der Waals surface area contributed by atoms with Crippen LogP contribution in [-0.2, 0) is 19.5 Å². The van der Waals surface area contributed by atoms with Crippen LogP contribution in [0, 0.1) is 0 Å². The second-order valence-electron chi connectivity index (χ2n) is 8.13. The molecular weight excluding hydrogens is 410 g/mol. The molecule has 2 N–H and O–H groups in total. The van der Waals surface area contributed by atoms with E-state index in [-0.39, 0.29) is 36.1 Å². The van der Waals surface area contributed by atoms with Crippen molar-refractivity contribution in [2.45, 2.75) is 50.2 Å². The van der Waals surface area contributed by atoms with Gasteiger partial charge in [-0.2, -0.15) is 0 Å². The number of nitrogens with one attached hydrogen (secondary N) is 2. The van der Waals surface area contributed by atoms with E-state index in [1.807, 2.05) is 20.8 Å². The lowest BCUT2D eigenvalue weighted by Crippen LogP contribution is -2.47. The number of piperidine rings is 1. The molecule has 30 heavy (non-hydrogen) atoms. The summed E-state index contributed by atoms with van der Waals surface area (Å²) in [6.07, 6.45) is 0.907. The highest BCUT2D eigenvalue weighted by molar-refractivity contribution is 7.89. The Balaban J connectivity index is 1.86. The second kappa shape index (κ2) is 10.2. The number of carbonyl (C=O) groups excluding carboxylic acids is 2. The van der Waals surface area contributed by atoms with Crippen molar-refractivity contribution in [2.24, 2.45) is 0 Å². The second-order valence-corrected chi connectivity index (χ2v) is 9.90. The van der Waals surface area contributed by atoms with Crippen LogP contribution >= 0.6 is 0 Å². The number of amides is 2. The third-order valence-corrected chi connectivity index (χ3v) is 5.98. The molecule has 0 saturated carbocycles. The van der Waals surface area contributed by atoms with Gasteiger partial charge in [-0.15, -0.1) is 0 Å². The van der Waals surface area contributed by atoms with Crippen molar-refractivity contribution < 1.29 is 27.5 Å². The molecule has 2 amide bonds. The molecule has 0 bridgehead atoms. The van der Waals surface area contributed by atoms with Crippen LogP contribution in [0.25, 0.3) is 0 Å². The monoisotopic (exact) mass is 441 g/mol. The molecule has 2 rings (SSSR count). The topological polar surface area (TPSA) is 114 Å². The van der Waals surface area contributed by atoms with Crippen molar-refractivity contribution in [3.05, 3.63) is 29.8 Å². The number of sulfonamides is 1. The predicted octanol–water partition coefficient (Wildman–Crippen LogP) is 1.74. The number of ether oxygens (including phenoxy) is 2. The lowest BCUT2D eigenvalue weighted by Gasteiger charge is -2.33. The summed E-state index contributed by atoms with van der Waals surface area (Å²) in [5.41, 5.74) is -0.165. The number of hydrogen-bond acceptors (Lipinski definition) is 6. The van der Waals surface area contributed by atoms with Gasteiger partial charge in [0, 0.05) is 38.3 Å². The van der Waals surface area contributed by atoms with Crippen molar-refractivity contribution in [1.29, 1.82) is 0 Å². The fraction of sp³-hybridized carbons (Fsp3) is 0.600. The van der Waals surface area contributed by atoms with Gasteiger partial charge in [0.1, 0.15) is 5.60 Å². The highest BCUT2D eigenvalue weighted by Crippen LogP contribution is 2.16. The van der Waals surface area contributed by atoms with Gasteiger partial charge in [0.2, 0.25) is 10.0 Å². The highest BCUT2D eigenvalue weighted by Gasteiger charge is 2.27. The highest BCUT2D eigenvalue weighted by atomic mass is 32.2. The zero-order chi connectivity index (χ0) is 22.4. The molecule has 10 heteroatoms. The molecule has 1 fully saturated rings. The van der Waals surface area contributed by atoms with E-state index < -0.39 is 15.6 Å². The molecule has 0 spiro atoms. The number of rotatable bonds is 7. The van der Waals surface area contributed by atoms with E-state index in [1.54, 1.807) is 4.90 Å². The Hall–Kier alpha value is -2.17. The minimum atomic E-state index is -3.64. The average Bonchev–Trinajstić information content (AvgIpc) is 2.67.